The minimum Gasteiger partial charge on any atom is -0.207 e. The monoisotopic (exact) mass is 424 g/mol. The molecule has 2 aromatic rings. The van der Waals surface area contributed by atoms with Gasteiger partial charge in [0, 0.05) is 5.56 Å². The molecule has 170 valence electrons. The number of hydrogen-bond acceptors (Lipinski definition) is 2. The topological polar surface area (TPSA) is 25.8 Å². The first kappa shape index (κ1) is 23.9. The highest BCUT2D eigenvalue weighted by molar-refractivity contribution is 5.59. The second-order valence-corrected chi connectivity index (χ2v) is 9.59. The Kier molecular flexibility index (Phi) is 9.96. The van der Waals surface area contributed by atoms with Crippen LogP contribution >= 0.6 is 0 Å². The molecule has 31 heavy (non-hydrogen) atoms. The summed E-state index contributed by atoms with van der Waals surface area (Å²) in [6.45, 7) is 4.50. The van der Waals surface area contributed by atoms with E-state index in [1.165, 1.54) is 64.2 Å². The van der Waals surface area contributed by atoms with Crippen molar-refractivity contribution in [3.63, 3.8) is 0 Å². The number of benzene rings is 1. The van der Waals surface area contributed by atoms with Crippen LogP contribution in [0, 0.1) is 17.7 Å². The van der Waals surface area contributed by atoms with Gasteiger partial charge in [-0.3, -0.25) is 0 Å². The van der Waals surface area contributed by atoms with Crippen LogP contribution < -0.4 is 0 Å². The fraction of sp³-hybridized carbons (Fsp3) is 0.643. The third kappa shape index (κ3) is 7.70. The van der Waals surface area contributed by atoms with Gasteiger partial charge in [-0.25, -0.2) is 4.39 Å². The molecular formula is C28H41FN2. The van der Waals surface area contributed by atoms with E-state index < -0.39 is 0 Å². The van der Waals surface area contributed by atoms with Gasteiger partial charge in [-0.1, -0.05) is 90.2 Å². The van der Waals surface area contributed by atoms with E-state index in [1.807, 2.05) is 24.3 Å². The normalized spacial score (nSPS) is 18.9. The third-order valence-corrected chi connectivity index (χ3v) is 7.11. The standard InChI is InChI=1S/C28H41FN2/c1-3-5-7-8-10-26-19-20-28(31-30-26)25-18-17-24(27(29)21-25)16-15-23-13-11-22(12-14-23)9-6-4-2/h17-23H,3-16H2,1-2H3. The molecule has 3 heteroatoms. The van der Waals surface area contributed by atoms with E-state index in [2.05, 4.69) is 24.0 Å². The number of aryl methyl sites for hydroxylation is 2. The van der Waals surface area contributed by atoms with E-state index in [-0.39, 0.29) is 5.82 Å². The third-order valence-electron chi connectivity index (χ3n) is 7.11. The average Bonchev–Trinajstić information content (AvgIpc) is 2.81. The Labute approximate surface area is 189 Å². The summed E-state index contributed by atoms with van der Waals surface area (Å²) in [5, 5.41) is 8.70. The van der Waals surface area contributed by atoms with Crippen LogP contribution in [0.4, 0.5) is 4.39 Å². The minimum atomic E-state index is -0.0976. The molecule has 0 bridgehead atoms. The van der Waals surface area contributed by atoms with Gasteiger partial charge in [0.25, 0.3) is 0 Å². The number of nitrogens with zero attached hydrogens (tertiary/aromatic N) is 2. The molecular weight excluding hydrogens is 383 g/mol. The van der Waals surface area contributed by atoms with Gasteiger partial charge in [0.1, 0.15) is 5.82 Å². The van der Waals surface area contributed by atoms with Crippen molar-refractivity contribution in [2.75, 3.05) is 0 Å². The molecule has 1 aliphatic carbocycles. The number of halogens is 1. The Hall–Kier alpha value is -1.77. The second kappa shape index (κ2) is 12.9. The smallest absolute Gasteiger partial charge is 0.127 e. The van der Waals surface area contributed by atoms with Crippen molar-refractivity contribution < 1.29 is 4.39 Å². The summed E-state index contributed by atoms with van der Waals surface area (Å²) in [6, 6.07) is 9.62. The van der Waals surface area contributed by atoms with Crippen LogP contribution in [0.15, 0.2) is 30.3 Å². The zero-order valence-electron chi connectivity index (χ0n) is 19.7. The Morgan fingerprint density at radius 1 is 0.774 bits per heavy atom. The zero-order valence-corrected chi connectivity index (χ0v) is 19.7. The summed E-state index contributed by atoms with van der Waals surface area (Å²) in [6.07, 6.45) is 17.3. The molecule has 1 fully saturated rings. The molecule has 0 saturated heterocycles. The highest BCUT2D eigenvalue weighted by atomic mass is 19.1. The van der Waals surface area contributed by atoms with Crippen LogP contribution in [0.2, 0.25) is 0 Å². The quantitative estimate of drug-likeness (QED) is 0.320. The van der Waals surface area contributed by atoms with Crippen molar-refractivity contribution in [2.24, 2.45) is 11.8 Å². The van der Waals surface area contributed by atoms with Crippen LogP contribution in [0.3, 0.4) is 0 Å². The number of rotatable bonds is 12. The fourth-order valence-corrected chi connectivity index (χ4v) is 4.95. The largest absolute Gasteiger partial charge is 0.207 e. The van der Waals surface area contributed by atoms with Gasteiger partial charge in [0.2, 0.25) is 0 Å². The molecule has 1 aromatic heterocycles. The molecule has 1 heterocycles. The van der Waals surface area contributed by atoms with Crippen molar-refractivity contribution in [1.29, 1.82) is 0 Å². The van der Waals surface area contributed by atoms with Gasteiger partial charge in [0.15, 0.2) is 0 Å². The zero-order chi connectivity index (χ0) is 21.9. The summed E-state index contributed by atoms with van der Waals surface area (Å²) in [5.41, 5.74) is 3.45. The molecule has 2 nitrogen and oxygen atoms in total. The van der Waals surface area contributed by atoms with E-state index in [0.717, 1.165) is 60.0 Å². The SMILES string of the molecule is CCCCCCc1ccc(-c2ccc(CCC3CCC(CCCC)CC3)c(F)c2)nn1. The van der Waals surface area contributed by atoms with Gasteiger partial charge >= 0.3 is 0 Å². The predicted octanol–water partition coefficient (Wildman–Crippen LogP) is 8.33. The van der Waals surface area contributed by atoms with E-state index in [4.69, 9.17) is 0 Å². The van der Waals surface area contributed by atoms with E-state index in [1.54, 1.807) is 6.07 Å². The summed E-state index contributed by atoms with van der Waals surface area (Å²) < 4.78 is 14.8. The van der Waals surface area contributed by atoms with E-state index in [9.17, 15) is 4.39 Å². The average molecular weight is 425 g/mol. The number of hydrogen-bond donors (Lipinski definition) is 0. The summed E-state index contributed by atoms with van der Waals surface area (Å²) in [5.74, 6) is 1.61. The molecule has 3 rings (SSSR count). The molecule has 0 spiro atoms. The molecule has 0 N–H and O–H groups in total. The van der Waals surface area contributed by atoms with Crippen molar-refractivity contribution in [2.45, 2.75) is 104 Å². The molecule has 0 atom stereocenters. The first-order valence-electron chi connectivity index (χ1n) is 12.8. The van der Waals surface area contributed by atoms with Crippen molar-refractivity contribution in [3.05, 3.63) is 47.4 Å². The molecule has 1 aliphatic rings. The first-order valence-corrected chi connectivity index (χ1v) is 12.8. The van der Waals surface area contributed by atoms with Gasteiger partial charge < -0.3 is 0 Å². The number of aromatic nitrogens is 2. The molecule has 0 unspecified atom stereocenters. The van der Waals surface area contributed by atoms with Gasteiger partial charge in [-0.05, 0) is 61.3 Å². The Balaban J connectivity index is 1.47. The van der Waals surface area contributed by atoms with Gasteiger partial charge in [-0.15, -0.1) is 0 Å². The molecule has 1 aromatic carbocycles. The number of unbranched alkanes of at least 4 members (excludes halogenated alkanes) is 4. The lowest BCUT2D eigenvalue weighted by Crippen LogP contribution is -2.15. The fourth-order valence-electron chi connectivity index (χ4n) is 4.95. The maximum absolute atomic E-state index is 14.8. The van der Waals surface area contributed by atoms with Crippen LogP contribution in [0.25, 0.3) is 11.3 Å². The summed E-state index contributed by atoms with van der Waals surface area (Å²) in [4.78, 5) is 0. The van der Waals surface area contributed by atoms with Crippen molar-refractivity contribution in [1.82, 2.24) is 10.2 Å². The van der Waals surface area contributed by atoms with E-state index >= 15 is 0 Å². The van der Waals surface area contributed by atoms with Crippen LogP contribution in [-0.2, 0) is 12.8 Å². The second-order valence-electron chi connectivity index (χ2n) is 9.59. The lowest BCUT2D eigenvalue weighted by atomic mass is 9.78. The molecule has 0 radical (unpaired) electrons. The summed E-state index contributed by atoms with van der Waals surface area (Å²) in [7, 11) is 0. The lowest BCUT2D eigenvalue weighted by Gasteiger charge is -2.28. The van der Waals surface area contributed by atoms with Crippen LogP contribution in [-0.4, -0.2) is 10.2 Å². The van der Waals surface area contributed by atoms with Gasteiger partial charge in [0.05, 0.1) is 11.4 Å². The Morgan fingerprint density at radius 3 is 2.16 bits per heavy atom. The molecule has 0 aliphatic heterocycles. The Bertz CT molecular complexity index is 763. The van der Waals surface area contributed by atoms with Crippen LogP contribution in [0.5, 0.6) is 0 Å². The van der Waals surface area contributed by atoms with E-state index in [0.29, 0.717) is 0 Å². The van der Waals surface area contributed by atoms with Crippen molar-refractivity contribution in [3.8, 4) is 11.3 Å². The highest BCUT2D eigenvalue weighted by Gasteiger charge is 2.21. The minimum absolute atomic E-state index is 0.0976. The molecule has 0 amide bonds. The highest BCUT2D eigenvalue weighted by Crippen LogP contribution is 2.34. The van der Waals surface area contributed by atoms with Crippen molar-refractivity contribution >= 4 is 0 Å². The Morgan fingerprint density at radius 2 is 1.52 bits per heavy atom. The lowest BCUT2D eigenvalue weighted by molar-refractivity contribution is 0.249. The van der Waals surface area contributed by atoms with Crippen LogP contribution in [0.1, 0.15) is 102 Å². The maximum atomic E-state index is 14.8. The van der Waals surface area contributed by atoms with Gasteiger partial charge in [-0.2, -0.15) is 10.2 Å². The summed E-state index contributed by atoms with van der Waals surface area (Å²) >= 11 is 0. The molecule has 1 saturated carbocycles. The first-order chi connectivity index (χ1) is 15.2. The predicted molar refractivity (Wildman–Crippen MR) is 129 cm³/mol. The maximum Gasteiger partial charge on any atom is 0.127 e.